The molecule has 1 aromatic carbocycles. The molecular weight excluding hydrogens is 308 g/mol. The maximum Gasteiger partial charge on any atom is 0.307 e. The van der Waals surface area contributed by atoms with Gasteiger partial charge < -0.3 is 10.0 Å². The molecular formula is C14H16N2O5S. The second-order valence-corrected chi connectivity index (χ2v) is 7.41. The molecule has 1 aromatic rings. The number of anilines is 1. The van der Waals surface area contributed by atoms with Crippen molar-refractivity contribution >= 4 is 27.6 Å². The van der Waals surface area contributed by atoms with Gasteiger partial charge in [0.25, 0.3) is 0 Å². The molecule has 1 aliphatic carbocycles. The summed E-state index contributed by atoms with van der Waals surface area (Å²) in [5.74, 6) is -2.29. The zero-order valence-electron chi connectivity index (χ0n) is 11.9. The van der Waals surface area contributed by atoms with Crippen LogP contribution in [0.5, 0.6) is 0 Å². The molecule has 0 aromatic heterocycles. The Morgan fingerprint density at radius 2 is 2.05 bits per heavy atom. The Hall–Kier alpha value is -1.93. The molecule has 0 spiro atoms. The fourth-order valence-corrected chi connectivity index (χ4v) is 3.56. The first kappa shape index (κ1) is 15.0. The number of fused-ring (bicyclic) bond motifs is 1. The van der Waals surface area contributed by atoms with Crippen molar-refractivity contribution in [3.63, 3.8) is 0 Å². The van der Waals surface area contributed by atoms with Crippen molar-refractivity contribution in [2.24, 2.45) is 11.8 Å². The quantitative estimate of drug-likeness (QED) is 0.823. The van der Waals surface area contributed by atoms with Crippen LogP contribution in [0.2, 0.25) is 0 Å². The maximum absolute atomic E-state index is 12.4. The van der Waals surface area contributed by atoms with Crippen LogP contribution >= 0.6 is 0 Å². The third-order valence-corrected chi connectivity index (χ3v) is 5.63. The van der Waals surface area contributed by atoms with Crippen molar-refractivity contribution in [2.75, 3.05) is 18.5 Å². The normalized spacial score (nSPS) is 23.2. The highest BCUT2D eigenvalue weighted by Crippen LogP contribution is 2.42. The first-order chi connectivity index (χ1) is 10.3. The molecule has 0 unspecified atom stereocenters. The topological polar surface area (TPSA) is 104 Å². The number of aliphatic carboxylic acids is 1. The highest BCUT2D eigenvalue weighted by atomic mass is 32.2. The molecule has 8 heteroatoms. The molecule has 22 heavy (non-hydrogen) atoms. The minimum Gasteiger partial charge on any atom is -0.481 e. The standard InChI is InChI=1S/C14H16N2O5S/c1-15-22(20,21)9-3-2-8-4-5-16(12(8)6-9)13(17)10-7-11(10)14(18)19/h2-3,6,10-11,15H,4-5,7H2,1H3,(H,18,19)/t10-,11+/m1/s1. The van der Waals surface area contributed by atoms with Crippen LogP contribution in [0.25, 0.3) is 0 Å². The summed E-state index contributed by atoms with van der Waals surface area (Å²) in [7, 11) is -2.25. The number of benzene rings is 1. The van der Waals surface area contributed by atoms with Gasteiger partial charge in [-0.1, -0.05) is 6.07 Å². The van der Waals surface area contributed by atoms with Crippen LogP contribution in [0.15, 0.2) is 23.1 Å². The Morgan fingerprint density at radius 3 is 2.64 bits per heavy atom. The zero-order chi connectivity index (χ0) is 16.1. The largest absolute Gasteiger partial charge is 0.481 e. The van der Waals surface area contributed by atoms with E-state index >= 15 is 0 Å². The molecule has 118 valence electrons. The van der Waals surface area contributed by atoms with Crippen molar-refractivity contribution in [1.82, 2.24) is 4.72 Å². The summed E-state index contributed by atoms with van der Waals surface area (Å²) < 4.78 is 26.0. The number of hydrogen-bond acceptors (Lipinski definition) is 4. The van der Waals surface area contributed by atoms with E-state index in [1.165, 1.54) is 24.1 Å². The van der Waals surface area contributed by atoms with Crippen LogP contribution in [0.3, 0.4) is 0 Å². The lowest BCUT2D eigenvalue weighted by molar-refractivity contribution is -0.140. The van der Waals surface area contributed by atoms with Crippen molar-refractivity contribution in [3.05, 3.63) is 23.8 Å². The zero-order valence-corrected chi connectivity index (χ0v) is 12.8. The average Bonchev–Trinajstić information content (AvgIpc) is 3.19. The smallest absolute Gasteiger partial charge is 0.307 e. The van der Waals surface area contributed by atoms with Gasteiger partial charge in [0.1, 0.15) is 0 Å². The molecule has 1 amide bonds. The number of rotatable bonds is 4. The molecule has 7 nitrogen and oxygen atoms in total. The van der Waals surface area contributed by atoms with Gasteiger partial charge in [0, 0.05) is 12.2 Å². The Bertz CT molecular complexity index is 758. The minimum atomic E-state index is -3.58. The molecule has 1 aliphatic heterocycles. The highest BCUT2D eigenvalue weighted by molar-refractivity contribution is 7.89. The molecule has 1 saturated carbocycles. The number of carbonyl (C=O) groups is 2. The summed E-state index contributed by atoms with van der Waals surface area (Å²) in [4.78, 5) is 24.9. The van der Waals surface area contributed by atoms with E-state index in [1.807, 2.05) is 0 Å². The van der Waals surface area contributed by atoms with E-state index in [0.717, 1.165) is 5.56 Å². The number of nitrogens with zero attached hydrogens (tertiary/aromatic N) is 1. The number of carboxylic acids is 1. The number of carboxylic acid groups (broad SMARTS) is 1. The summed E-state index contributed by atoms with van der Waals surface area (Å²) in [5.41, 5.74) is 1.47. The van der Waals surface area contributed by atoms with Gasteiger partial charge >= 0.3 is 5.97 Å². The lowest BCUT2D eigenvalue weighted by atomic mass is 10.2. The number of carbonyl (C=O) groups excluding carboxylic acids is 1. The monoisotopic (exact) mass is 324 g/mol. The second kappa shape index (κ2) is 5.06. The van der Waals surface area contributed by atoms with E-state index in [-0.39, 0.29) is 10.8 Å². The van der Waals surface area contributed by atoms with Crippen LogP contribution in [-0.2, 0) is 26.0 Å². The minimum absolute atomic E-state index is 0.0963. The van der Waals surface area contributed by atoms with Gasteiger partial charge in [-0.25, -0.2) is 13.1 Å². The van der Waals surface area contributed by atoms with Crippen molar-refractivity contribution in [2.45, 2.75) is 17.7 Å². The number of sulfonamides is 1. The predicted octanol–water partition coefficient (Wildman–Crippen LogP) is 0.204. The molecule has 1 fully saturated rings. The number of hydrogen-bond donors (Lipinski definition) is 2. The molecule has 0 saturated heterocycles. The van der Waals surface area contributed by atoms with Crippen LogP contribution < -0.4 is 9.62 Å². The van der Waals surface area contributed by atoms with Gasteiger partial charge in [-0.05, 0) is 37.6 Å². The fraction of sp³-hybridized carbons (Fsp3) is 0.429. The number of nitrogens with one attached hydrogen (secondary N) is 1. The van der Waals surface area contributed by atoms with Gasteiger partial charge in [0.2, 0.25) is 15.9 Å². The highest BCUT2D eigenvalue weighted by Gasteiger charge is 2.50. The molecule has 2 atom stereocenters. The van der Waals surface area contributed by atoms with E-state index in [9.17, 15) is 18.0 Å². The van der Waals surface area contributed by atoms with Gasteiger partial charge in [0.05, 0.1) is 16.7 Å². The van der Waals surface area contributed by atoms with Crippen LogP contribution in [-0.4, -0.2) is 39.0 Å². The van der Waals surface area contributed by atoms with Crippen LogP contribution in [0, 0.1) is 11.8 Å². The number of amides is 1. The Morgan fingerprint density at radius 1 is 1.32 bits per heavy atom. The fourth-order valence-electron chi connectivity index (χ4n) is 2.81. The first-order valence-electron chi connectivity index (χ1n) is 6.96. The predicted molar refractivity (Wildman–Crippen MR) is 78.0 cm³/mol. The van der Waals surface area contributed by atoms with Gasteiger partial charge in [-0.3, -0.25) is 9.59 Å². The Balaban J connectivity index is 1.89. The molecule has 0 bridgehead atoms. The molecule has 2 aliphatic rings. The van der Waals surface area contributed by atoms with E-state index in [0.29, 0.717) is 25.1 Å². The second-order valence-electron chi connectivity index (χ2n) is 5.52. The summed E-state index contributed by atoms with van der Waals surface area (Å²) >= 11 is 0. The van der Waals surface area contributed by atoms with Crippen molar-refractivity contribution in [3.8, 4) is 0 Å². The van der Waals surface area contributed by atoms with Crippen molar-refractivity contribution < 1.29 is 23.1 Å². The van der Waals surface area contributed by atoms with Gasteiger partial charge in [0.15, 0.2) is 0 Å². The third kappa shape index (κ3) is 2.38. The molecule has 2 N–H and O–H groups in total. The summed E-state index contributed by atoms with van der Waals surface area (Å²) in [6.45, 7) is 0.458. The van der Waals surface area contributed by atoms with Crippen molar-refractivity contribution in [1.29, 1.82) is 0 Å². The summed E-state index contributed by atoms with van der Waals surface area (Å²) in [5, 5.41) is 8.94. The van der Waals surface area contributed by atoms with E-state index in [1.54, 1.807) is 6.07 Å². The summed E-state index contributed by atoms with van der Waals surface area (Å²) in [6.07, 6.45) is 1.000. The van der Waals surface area contributed by atoms with Crippen LogP contribution in [0.1, 0.15) is 12.0 Å². The van der Waals surface area contributed by atoms with E-state index < -0.39 is 27.8 Å². The molecule has 3 rings (SSSR count). The maximum atomic E-state index is 12.4. The summed E-state index contributed by atoms with van der Waals surface area (Å²) in [6, 6.07) is 4.69. The lowest BCUT2D eigenvalue weighted by Gasteiger charge is -2.18. The SMILES string of the molecule is CNS(=O)(=O)c1ccc2c(c1)N(C(=O)[C@@H]1C[C@@H]1C(=O)O)CC2. The first-order valence-corrected chi connectivity index (χ1v) is 8.44. The van der Waals surface area contributed by atoms with Gasteiger partial charge in [-0.15, -0.1) is 0 Å². The third-order valence-electron chi connectivity index (χ3n) is 4.22. The molecule has 0 radical (unpaired) electrons. The lowest BCUT2D eigenvalue weighted by Crippen LogP contribution is -2.31. The van der Waals surface area contributed by atoms with Gasteiger partial charge in [-0.2, -0.15) is 0 Å². The Kier molecular flexibility index (Phi) is 3.45. The molecule has 1 heterocycles. The van der Waals surface area contributed by atoms with E-state index in [4.69, 9.17) is 5.11 Å². The van der Waals surface area contributed by atoms with E-state index in [2.05, 4.69) is 4.72 Å². The van der Waals surface area contributed by atoms with Crippen LogP contribution in [0.4, 0.5) is 5.69 Å². The average molecular weight is 324 g/mol. The Labute approximate surface area is 128 Å².